The number of hydrogen-bond donors (Lipinski definition) is 2. The quantitative estimate of drug-likeness (QED) is 0.793. The highest BCUT2D eigenvalue weighted by Crippen LogP contribution is 2.37. The molecule has 1 aromatic heterocycles. The summed E-state index contributed by atoms with van der Waals surface area (Å²) in [6.45, 7) is 4.48. The summed E-state index contributed by atoms with van der Waals surface area (Å²) in [6.07, 6.45) is 2.83. The molecule has 0 radical (unpaired) electrons. The van der Waals surface area contributed by atoms with Crippen LogP contribution in [0.15, 0.2) is 30.5 Å². The number of aliphatic hydroxyl groups excluding tert-OH is 1. The van der Waals surface area contributed by atoms with Crippen LogP contribution in [-0.2, 0) is 17.6 Å². The van der Waals surface area contributed by atoms with Gasteiger partial charge < -0.3 is 15.1 Å². The van der Waals surface area contributed by atoms with Gasteiger partial charge in [-0.05, 0) is 43.9 Å². The number of anilines is 1. The molecule has 0 unspecified atom stereocenters. The largest absolute Gasteiger partial charge is 0.481 e. The zero-order chi connectivity index (χ0) is 20.3. The molecule has 0 spiro atoms. The minimum atomic E-state index is -1.44. The fourth-order valence-electron chi connectivity index (χ4n) is 3.93. The van der Waals surface area contributed by atoms with Crippen LogP contribution in [0, 0.1) is 18.2 Å². The van der Waals surface area contributed by atoms with Crippen LogP contribution >= 0.6 is 0 Å². The predicted molar refractivity (Wildman–Crippen MR) is 104 cm³/mol. The van der Waals surface area contributed by atoms with Crippen molar-refractivity contribution in [1.82, 2.24) is 9.97 Å². The van der Waals surface area contributed by atoms with Crippen LogP contribution in [0.4, 0.5) is 10.2 Å². The molecule has 0 aliphatic carbocycles. The van der Waals surface area contributed by atoms with E-state index in [-0.39, 0.29) is 13.0 Å². The molecular formula is C21H26FN3O3. The standard InChI is InChI=1S/C21H26FN3O3/c1-3-5-16-12-23-14(2)24-19(16)25-9-8-18(26)21(13-25,20(27)28)11-15-6-4-7-17(22)10-15/h4,6-7,10,12,18,26H,3,5,8-9,11,13H2,1-2H3,(H,27,28)/t18-,21+/m0/s1. The normalized spacial score (nSPS) is 22.3. The molecular weight excluding hydrogens is 361 g/mol. The molecule has 1 aliphatic heterocycles. The third kappa shape index (κ3) is 3.99. The molecule has 0 amide bonds. The highest BCUT2D eigenvalue weighted by atomic mass is 19.1. The van der Waals surface area contributed by atoms with Gasteiger partial charge >= 0.3 is 5.97 Å². The van der Waals surface area contributed by atoms with Gasteiger partial charge in [0.05, 0.1) is 6.10 Å². The molecule has 0 bridgehead atoms. The number of nitrogens with zero attached hydrogens (tertiary/aromatic N) is 3. The van der Waals surface area contributed by atoms with Gasteiger partial charge in [0.15, 0.2) is 0 Å². The predicted octanol–water partition coefficient (Wildman–Crippen LogP) is 2.76. The molecule has 7 heteroatoms. The van der Waals surface area contributed by atoms with Crippen LogP contribution < -0.4 is 4.90 Å². The summed E-state index contributed by atoms with van der Waals surface area (Å²) >= 11 is 0. The van der Waals surface area contributed by atoms with Gasteiger partial charge in [0, 0.05) is 24.8 Å². The van der Waals surface area contributed by atoms with Crippen molar-refractivity contribution in [2.24, 2.45) is 5.41 Å². The molecule has 2 N–H and O–H groups in total. The van der Waals surface area contributed by atoms with E-state index in [0.717, 1.165) is 24.2 Å². The second-order valence-electron chi connectivity index (χ2n) is 7.51. The molecule has 0 saturated carbocycles. The van der Waals surface area contributed by atoms with E-state index in [4.69, 9.17) is 0 Å². The Balaban J connectivity index is 1.98. The van der Waals surface area contributed by atoms with Gasteiger partial charge in [-0.3, -0.25) is 4.79 Å². The Hall–Kier alpha value is -2.54. The second-order valence-corrected chi connectivity index (χ2v) is 7.51. The fraction of sp³-hybridized carbons (Fsp3) is 0.476. The van der Waals surface area contributed by atoms with Crippen molar-refractivity contribution in [2.75, 3.05) is 18.0 Å². The van der Waals surface area contributed by atoms with E-state index >= 15 is 0 Å². The summed E-state index contributed by atoms with van der Waals surface area (Å²) in [5, 5.41) is 20.7. The smallest absolute Gasteiger partial charge is 0.314 e. The Morgan fingerprint density at radius 3 is 2.89 bits per heavy atom. The number of carboxylic acids is 1. The van der Waals surface area contributed by atoms with E-state index in [1.165, 1.54) is 12.1 Å². The minimum Gasteiger partial charge on any atom is -0.481 e. The average molecular weight is 387 g/mol. The number of aliphatic carboxylic acids is 1. The van der Waals surface area contributed by atoms with Gasteiger partial charge in [-0.25, -0.2) is 14.4 Å². The van der Waals surface area contributed by atoms with Crippen LogP contribution in [0.25, 0.3) is 0 Å². The summed E-state index contributed by atoms with van der Waals surface area (Å²) in [6, 6.07) is 5.89. The molecule has 28 heavy (non-hydrogen) atoms. The summed E-state index contributed by atoms with van der Waals surface area (Å²) in [4.78, 5) is 23.1. The number of rotatable bonds is 6. The van der Waals surface area contributed by atoms with E-state index in [1.807, 2.05) is 4.90 Å². The lowest BCUT2D eigenvalue weighted by atomic mass is 9.72. The van der Waals surface area contributed by atoms with Gasteiger partial charge in [0.1, 0.15) is 22.9 Å². The Morgan fingerprint density at radius 2 is 2.21 bits per heavy atom. The van der Waals surface area contributed by atoms with Gasteiger partial charge in [0.2, 0.25) is 0 Å². The Labute approximate surface area is 164 Å². The van der Waals surface area contributed by atoms with E-state index in [2.05, 4.69) is 16.9 Å². The van der Waals surface area contributed by atoms with E-state index in [9.17, 15) is 19.4 Å². The molecule has 2 heterocycles. The van der Waals surface area contributed by atoms with Crippen molar-refractivity contribution in [1.29, 1.82) is 0 Å². The summed E-state index contributed by atoms with van der Waals surface area (Å²) in [5.41, 5.74) is 0.0828. The summed E-state index contributed by atoms with van der Waals surface area (Å²) in [5.74, 6) is -0.160. The molecule has 6 nitrogen and oxygen atoms in total. The molecule has 2 atom stereocenters. The van der Waals surface area contributed by atoms with Crippen LogP contribution in [0.3, 0.4) is 0 Å². The maximum Gasteiger partial charge on any atom is 0.314 e. The highest BCUT2D eigenvalue weighted by molar-refractivity contribution is 5.77. The fourth-order valence-corrected chi connectivity index (χ4v) is 3.93. The number of piperidine rings is 1. The SMILES string of the molecule is CCCc1cnc(C)nc1N1CC[C@H](O)[C@](Cc2cccc(F)c2)(C(=O)O)C1. The lowest BCUT2D eigenvalue weighted by Gasteiger charge is -2.44. The first kappa shape index (κ1) is 20.2. The number of aryl methyl sites for hydroxylation is 2. The van der Waals surface area contributed by atoms with Gasteiger partial charge in [-0.1, -0.05) is 25.5 Å². The first-order valence-electron chi connectivity index (χ1n) is 9.59. The number of halogens is 1. The minimum absolute atomic E-state index is 0.0466. The lowest BCUT2D eigenvalue weighted by molar-refractivity contribution is -0.157. The Morgan fingerprint density at radius 1 is 1.43 bits per heavy atom. The molecule has 1 saturated heterocycles. The van der Waals surface area contributed by atoms with Crippen molar-refractivity contribution in [3.8, 4) is 0 Å². The van der Waals surface area contributed by atoms with Gasteiger partial charge in [-0.2, -0.15) is 0 Å². The zero-order valence-electron chi connectivity index (χ0n) is 16.2. The summed E-state index contributed by atoms with van der Waals surface area (Å²) in [7, 11) is 0. The second kappa shape index (κ2) is 8.22. The van der Waals surface area contributed by atoms with Gasteiger partial charge in [0.25, 0.3) is 0 Å². The van der Waals surface area contributed by atoms with Crippen molar-refractivity contribution in [2.45, 2.75) is 45.6 Å². The number of carboxylic acid groups (broad SMARTS) is 1. The average Bonchev–Trinajstić information content (AvgIpc) is 2.65. The zero-order valence-corrected chi connectivity index (χ0v) is 16.2. The summed E-state index contributed by atoms with van der Waals surface area (Å²) < 4.78 is 13.6. The molecule has 2 aromatic rings. The maximum absolute atomic E-state index is 13.6. The highest BCUT2D eigenvalue weighted by Gasteiger charge is 2.49. The molecule has 150 valence electrons. The number of aliphatic hydroxyl groups is 1. The maximum atomic E-state index is 13.6. The van der Waals surface area contributed by atoms with Crippen molar-refractivity contribution < 1.29 is 19.4 Å². The van der Waals surface area contributed by atoms with E-state index in [0.29, 0.717) is 24.4 Å². The van der Waals surface area contributed by atoms with Crippen molar-refractivity contribution in [3.05, 3.63) is 53.2 Å². The van der Waals surface area contributed by atoms with Crippen LogP contribution in [-0.4, -0.2) is 45.3 Å². The third-order valence-electron chi connectivity index (χ3n) is 5.40. The number of hydrogen-bond acceptors (Lipinski definition) is 5. The molecule has 3 rings (SSSR count). The van der Waals surface area contributed by atoms with Crippen LogP contribution in [0.1, 0.15) is 36.7 Å². The van der Waals surface area contributed by atoms with Crippen LogP contribution in [0.5, 0.6) is 0 Å². The van der Waals surface area contributed by atoms with Gasteiger partial charge in [-0.15, -0.1) is 0 Å². The van der Waals surface area contributed by atoms with E-state index in [1.54, 1.807) is 25.3 Å². The third-order valence-corrected chi connectivity index (χ3v) is 5.40. The molecule has 1 aromatic carbocycles. The number of aromatic nitrogens is 2. The van der Waals surface area contributed by atoms with Crippen molar-refractivity contribution >= 4 is 11.8 Å². The topological polar surface area (TPSA) is 86.5 Å². The number of carbonyl (C=O) groups is 1. The van der Waals surface area contributed by atoms with E-state index < -0.39 is 23.3 Å². The first-order valence-corrected chi connectivity index (χ1v) is 9.59. The van der Waals surface area contributed by atoms with Crippen molar-refractivity contribution in [3.63, 3.8) is 0 Å². The Bertz CT molecular complexity index is 861. The monoisotopic (exact) mass is 387 g/mol. The molecule has 1 aliphatic rings. The first-order chi connectivity index (χ1) is 13.4. The number of benzene rings is 1. The van der Waals surface area contributed by atoms with Crippen LogP contribution in [0.2, 0.25) is 0 Å². The Kier molecular flexibility index (Phi) is 5.93. The lowest BCUT2D eigenvalue weighted by Crippen LogP contribution is -2.57. The molecule has 1 fully saturated rings.